The molecular weight excluding hydrogens is 691 g/mol. The maximum absolute atomic E-state index is 14.1. The van der Waals surface area contributed by atoms with Gasteiger partial charge in [0.25, 0.3) is 27.2 Å². The van der Waals surface area contributed by atoms with Crippen LogP contribution in [-0.2, 0) is 14.8 Å². The van der Waals surface area contributed by atoms with Crippen molar-refractivity contribution < 1.29 is 18.1 Å². The zero-order valence-corrected chi connectivity index (χ0v) is 27.0. The van der Waals surface area contributed by atoms with Gasteiger partial charge in [0.05, 0.1) is 36.5 Å². The van der Waals surface area contributed by atoms with E-state index in [0.29, 0.717) is 16.1 Å². The highest BCUT2D eigenvalue weighted by Crippen LogP contribution is 2.36. The first kappa shape index (κ1) is 31.9. The van der Waals surface area contributed by atoms with E-state index in [-0.39, 0.29) is 48.9 Å². The fraction of sp³-hybridized carbons (Fsp3) is 0.0323. The highest BCUT2D eigenvalue weighted by molar-refractivity contribution is 7.92. The molecule has 1 aliphatic heterocycles. The van der Waals surface area contributed by atoms with Crippen molar-refractivity contribution >= 4 is 84.9 Å². The van der Waals surface area contributed by atoms with Crippen molar-refractivity contribution in [1.29, 1.82) is 0 Å². The topological polar surface area (TPSA) is 157 Å². The van der Waals surface area contributed by atoms with Gasteiger partial charge in [-0.15, -0.1) is 0 Å². The van der Waals surface area contributed by atoms with Crippen LogP contribution in [0.1, 0.15) is 17.0 Å². The standard InChI is InChI=1S/C31H19Cl3N6O6S/c1-17-35-26-12-11-21(47(45,46)37-28-24(33)14-20(40(43)44)15-25(28)34)16-22(26)30(41)38(17)39-29(18-7-3-2-4-8-18)36-27(31(39)42)13-19-9-5-6-10-23(19)32/h2-16,37H,1H3/b27-13-. The number of aliphatic imine (C=N–C) groups is 1. The molecule has 6 rings (SSSR count). The lowest BCUT2D eigenvalue weighted by molar-refractivity contribution is -0.384. The minimum absolute atomic E-state index is 0.000679. The van der Waals surface area contributed by atoms with Gasteiger partial charge in [-0.05, 0) is 42.8 Å². The van der Waals surface area contributed by atoms with Crippen molar-refractivity contribution in [3.05, 3.63) is 143 Å². The number of carbonyl (C=O) groups excluding carboxylic acids is 1. The van der Waals surface area contributed by atoms with Crippen LogP contribution in [0.5, 0.6) is 0 Å². The Labute approximate surface area is 281 Å². The molecule has 0 saturated heterocycles. The molecule has 0 saturated carbocycles. The van der Waals surface area contributed by atoms with Crippen LogP contribution in [0.2, 0.25) is 15.1 Å². The number of nitrogens with one attached hydrogen (secondary N) is 1. The number of rotatable bonds is 7. The number of nitro groups is 1. The van der Waals surface area contributed by atoms with Crippen molar-refractivity contribution in [1.82, 2.24) is 9.66 Å². The van der Waals surface area contributed by atoms with Crippen LogP contribution >= 0.6 is 34.8 Å². The number of carbonyl (C=O) groups is 1. The number of sulfonamides is 1. The predicted molar refractivity (Wildman–Crippen MR) is 180 cm³/mol. The van der Waals surface area contributed by atoms with Gasteiger partial charge in [-0.25, -0.2) is 18.4 Å². The summed E-state index contributed by atoms with van der Waals surface area (Å²) in [6.07, 6.45) is 1.51. The fourth-order valence-corrected chi connectivity index (χ4v) is 6.83. The Morgan fingerprint density at radius 1 is 0.894 bits per heavy atom. The maximum atomic E-state index is 14.1. The molecule has 0 atom stereocenters. The molecule has 1 amide bonds. The number of benzene rings is 4. The molecule has 2 heterocycles. The lowest BCUT2D eigenvalue weighted by Gasteiger charge is -2.22. The fourth-order valence-electron chi connectivity index (χ4n) is 4.83. The summed E-state index contributed by atoms with van der Waals surface area (Å²) in [6.45, 7) is 1.53. The second kappa shape index (κ2) is 12.3. The summed E-state index contributed by atoms with van der Waals surface area (Å²) < 4.78 is 30.1. The molecule has 4 aromatic carbocycles. The number of amidine groups is 1. The van der Waals surface area contributed by atoms with Gasteiger partial charge in [0.15, 0.2) is 5.84 Å². The predicted octanol–water partition coefficient (Wildman–Crippen LogP) is 6.34. The molecule has 47 heavy (non-hydrogen) atoms. The molecule has 0 radical (unpaired) electrons. The van der Waals surface area contributed by atoms with Crippen LogP contribution in [0.15, 0.2) is 105 Å². The van der Waals surface area contributed by atoms with Gasteiger partial charge >= 0.3 is 0 Å². The van der Waals surface area contributed by atoms with Crippen LogP contribution in [0.4, 0.5) is 11.4 Å². The van der Waals surface area contributed by atoms with E-state index in [1.165, 1.54) is 25.1 Å². The molecular formula is C31H19Cl3N6O6S. The molecule has 12 nitrogen and oxygen atoms in total. The Bertz CT molecular complexity index is 2360. The summed E-state index contributed by atoms with van der Waals surface area (Å²) in [6, 6.07) is 21.1. The first-order chi connectivity index (χ1) is 22.4. The van der Waals surface area contributed by atoms with E-state index in [1.54, 1.807) is 54.6 Å². The van der Waals surface area contributed by atoms with Crippen LogP contribution < -0.4 is 15.3 Å². The summed E-state index contributed by atoms with van der Waals surface area (Å²) in [5.41, 5.74) is -0.268. The number of amides is 1. The molecule has 5 aromatic rings. The minimum atomic E-state index is -4.44. The van der Waals surface area contributed by atoms with Gasteiger partial charge in [-0.1, -0.05) is 83.3 Å². The van der Waals surface area contributed by atoms with Gasteiger partial charge in [-0.3, -0.25) is 24.4 Å². The second-order valence-electron chi connectivity index (χ2n) is 10.1. The van der Waals surface area contributed by atoms with Crippen molar-refractivity contribution in [2.45, 2.75) is 11.8 Å². The number of nitrogens with zero attached hydrogens (tertiary/aromatic N) is 5. The van der Waals surface area contributed by atoms with Crippen LogP contribution in [0, 0.1) is 17.0 Å². The number of aryl methyl sites for hydroxylation is 1. The number of anilines is 1. The summed E-state index contributed by atoms with van der Waals surface area (Å²) in [5, 5.41) is 11.8. The van der Waals surface area contributed by atoms with Crippen molar-refractivity contribution in [3.63, 3.8) is 0 Å². The van der Waals surface area contributed by atoms with E-state index in [4.69, 9.17) is 34.8 Å². The molecule has 236 valence electrons. The molecule has 1 N–H and O–H groups in total. The maximum Gasteiger partial charge on any atom is 0.297 e. The van der Waals surface area contributed by atoms with Crippen molar-refractivity contribution in [2.24, 2.45) is 4.99 Å². The number of halogens is 3. The van der Waals surface area contributed by atoms with E-state index < -0.39 is 32.1 Å². The molecule has 0 unspecified atom stereocenters. The summed E-state index contributed by atoms with van der Waals surface area (Å²) in [7, 11) is -4.44. The minimum Gasteiger partial charge on any atom is -0.277 e. The zero-order chi connectivity index (χ0) is 33.6. The molecule has 1 aliphatic rings. The first-order valence-corrected chi connectivity index (χ1v) is 16.1. The quantitative estimate of drug-likeness (QED) is 0.117. The van der Waals surface area contributed by atoms with E-state index in [2.05, 4.69) is 14.7 Å². The van der Waals surface area contributed by atoms with E-state index >= 15 is 0 Å². The third kappa shape index (κ3) is 5.97. The highest BCUT2D eigenvalue weighted by atomic mass is 35.5. The van der Waals surface area contributed by atoms with Gasteiger partial charge in [0, 0.05) is 22.7 Å². The number of nitro benzene ring substituents is 1. The molecule has 0 bridgehead atoms. The number of aromatic nitrogens is 2. The van der Waals surface area contributed by atoms with Gasteiger partial charge in [-0.2, -0.15) is 9.69 Å². The molecule has 16 heteroatoms. The molecule has 1 aromatic heterocycles. The number of non-ortho nitro benzene ring substituents is 1. The Kier molecular flexibility index (Phi) is 8.32. The molecule has 0 spiro atoms. The Hall–Kier alpha value is -5.08. The van der Waals surface area contributed by atoms with E-state index in [0.717, 1.165) is 27.9 Å². The second-order valence-corrected chi connectivity index (χ2v) is 13.0. The van der Waals surface area contributed by atoms with Gasteiger partial charge in [0.2, 0.25) is 0 Å². The van der Waals surface area contributed by atoms with Gasteiger partial charge < -0.3 is 0 Å². The molecule has 0 fully saturated rings. The number of fused-ring (bicyclic) bond motifs is 1. The lowest BCUT2D eigenvalue weighted by atomic mass is 10.2. The Morgan fingerprint density at radius 2 is 1.55 bits per heavy atom. The highest BCUT2D eigenvalue weighted by Gasteiger charge is 2.35. The third-order valence-electron chi connectivity index (χ3n) is 7.03. The number of hydrogen-bond acceptors (Lipinski definition) is 8. The Balaban J connectivity index is 1.47. The third-order valence-corrected chi connectivity index (χ3v) is 9.32. The van der Waals surface area contributed by atoms with Crippen molar-refractivity contribution in [3.8, 4) is 0 Å². The van der Waals surface area contributed by atoms with E-state index in [1.807, 2.05) is 0 Å². The summed E-state index contributed by atoms with van der Waals surface area (Å²) >= 11 is 18.6. The zero-order valence-electron chi connectivity index (χ0n) is 23.9. The normalized spacial score (nSPS) is 14.1. The monoisotopic (exact) mass is 708 g/mol. The summed E-state index contributed by atoms with van der Waals surface area (Å²) in [5.74, 6) is -0.396. The van der Waals surface area contributed by atoms with Crippen LogP contribution in [0.3, 0.4) is 0 Å². The SMILES string of the molecule is Cc1nc2ccc(S(=O)(=O)Nc3c(Cl)cc([N+](=O)[O-])cc3Cl)cc2c(=O)n1N1C(=O)/C(=C/c2ccccc2Cl)N=C1c1ccccc1. The Morgan fingerprint density at radius 3 is 2.21 bits per heavy atom. The van der Waals surface area contributed by atoms with E-state index in [9.17, 15) is 28.1 Å². The van der Waals surface area contributed by atoms with Crippen molar-refractivity contribution in [2.75, 3.05) is 9.73 Å². The van der Waals surface area contributed by atoms with Gasteiger partial charge in [0.1, 0.15) is 11.5 Å². The largest absolute Gasteiger partial charge is 0.297 e. The summed E-state index contributed by atoms with van der Waals surface area (Å²) in [4.78, 5) is 47.2. The smallest absolute Gasteiger partial charge is 0.277 e. The van der Waals surface area contributed by atoms with Crippen LogP contribution in [0.25, 0.3) is 17.0 Å². The number of hydrogen-bond donors (Lipinski definition) is 1. The average Bonchev–Trinajstić information content (AvgIpc) is 3.35. The first-order valence-electron chi connectivity index (χ1n) is 13.5. The lowest BCUT2D eigenvalue weighted by Crippen LogP contribution is -2.49. The van der Waals surface area contributed by atoms with Crippen LogP contribution in [-0.4, -0.2) is 34.7 Å². The average molecular weight is 710 g/mol. The molecule has 0 aliphatic carbocycles.